The summed E-state index contributed by atoms with van der Waals surface area (Å²) in [6, 6.07) is 0. The molecule has 0 fully saturated rings. The zero-order valence-corrected chi connectivity index (χ0v) is 7.44. The molecule has 0 aromatic carbocycles. The topological polar surface area (TPSA) is 0 Å². The Morgan fingerprint density at radius 2 is 1.30 bits per heavy atom. The van der Waals surface area contributed by atoms with Gasteiger partial charge in [0.2, 0.25) is 0 Å². The molecular formula is C10H24. The van der Waals surface area contributed by atoms with Crippen molar-refractivity contribution >= 4 is 0 Å². The highest BCUT2D eigenvalue weighted by molar-refractivity contribution is 4.58. The molecule has 0 bridgehead atoms. The predicted octanol–water partition coefficient (Wildman–Crippen LogP) is 3.96. The molecule has 0 radical (unpaired) electrons. The van der Waals surface area contributed by atoms with Gasteiger partial charge in [0.25, 0.3) is 0 Å². The summed E-state index contributed by atoms with van der Waals surface area (Å²) in [7, 11) is 0. The van der Waals surface area contributed by atoms with Crippen molar-refractivity contribution in [1.29, 1.82) is 0 Å². The molecule has 64 valence electrons. The summed E-state index contributed by atoms with van der Waals surface area (Å²) in [6.07, 6.45) is 1.37. The average Bonchev–Trinajstić information content (AvgIpc) is 1.63. The third-order valence-electron chi connectivity index (χ3n) is 1.98. The second-order valence-electron chi connectivity index (χ2n) is 3.85. The molecule has 1 atom stereocenters. The zero-order valence-electron chi connectivity index (χ0n) is 7.44. The van der Waals surface area contributed by atoms with E-state index in [1.165, 1.54) is 6.42 Å². The Kier molecular flexibility index (Phi) is 7.29. The van der Waals surface area contributed by atoms with Crippen LogP contribution in [0.1, 0.15) is 48.5 Å². The number of hydrogen-bond donors (Lipinski definition) is 0. The number of rotatable bonds is 3. The lowest BCUT2D eigenvalue weighted by Gasteiger charge is -2.16. The molecule has 0 spiro atoms. The van der Waals surface area contributed by atoms with Crippen LogP contribution >= 0.6 is 0 Å². The van der Waals surface area contributed by atoms with Crippen molar-refractivity contribution < 1.29 is 0 Å². The lowest BCUT2D eigenvalue weighted by atomic mass is 9.90. The molecule has 0 aliphatic carbocycles. The van der Waals surface area contributed by atoms with Crippen LogP contribution in [0.2, 0.25) is 0 Å². The first kappa shape index (κ1) is 12.7. The molecule has 0 nitrogen and oxygen atoms in total. The van der Waals surface area contributed by atoms with E-state index in [2.05, 4.69) is 34.6 Å². The van der Waals surface area contributed by atoms with E-state index in [4.69, 9.17) is 0 Å². The van der Waals surface area contributed by atoms with E-state index in [0.29, 0.717) is 0 Å². The SMILES string of the molecule is C.CC(C)CC(C)C(C)C. The molecule has 0 aliphatic heterocycles. The van der Waals surface area contributed by atoms with Crippen LogP contribution in [-0.4, -0.2) is 0 Å². The lowest BCUT2D eigenvalue weighted by molar-refractivity contribution is 0.344. The first-order valence-corrected chi connectivity index (χ1v) is 4.04. The zero-order chi connectivity index (χ0) is 7.44. The summed E-state index contributed by atoms with van der Waals surface area (Å²) in [5.74, 6) is 2.61. The molecule has 10 heavy (non-hydrogen) atoms. The van der Waals surface area contributed by atoms with E-state index in [9.17, 15) is 0 Å². The fourth-order valence-corrected chi connectivity index (χ4v) is 1.02. The highest BCUT2D eigenvalue weighted by Crippen LogP contribution is 2.18. The lowest BCUT2D eigenvalue weighted by Crippen LogP contribution is -2.06. The molecule has 0 aromatic heterocycles. The highest BCUT2D eigenvalue weighted by Gasteiger charge is 2.07. The Morgan fingerprint density at radius 3 is 1.40 bits per heavy atom. The highest BCUT2D eigenvalue weighted by atomic mass is 14.1. The molecule has 1 unspecified atom stereocenters. The standard InChI is InChI=1S/C9H20.CH4/c1-7(2)6-9(5)8(3)4;/h7-9H,6H2,1-5H3;1H4. The van der Waals surface area contributed by atoms with Crippen molar-refractivity contribution in [2.45, 2.75) is 48.5 Å². The van der Waals surface area contributed by atoms with Crippen LogP contribution in [0.3, 0.4) is 0 Å². The predicted molar refractivity (Wildman–Crippen MR) is 50.2 cm³/mol. The van der Waals surface area contributed by atoms with Crippen LogP contribution in [0.15, 0.2) is 0 Å². The van der Waals surface area contributed by atoms with Gasteiger partial charge in [0, 0.05) is 0 Å². The first-order chi connectivity index (χ1) is 4.04. The van der Waals surface area contributed by atoms with E-state index in [-0.39, 0.29) is 7.43 Å². The molecule has 0 amide bonds. The van der Waals surface area contributed by atoms with Crippen molar-refractivity contribution in [3.63, 3.8) is 0 Å². The molecule has 0 aliphatic rings. The minimum atomic E-state index is 0. The Balaban J connectivity index is 0. The maximum absolute atomic E-state index is 2.34. The van der Waals surface area contributed by atoms with Gasteiger partial charge in [0.15, 0.2) is 0 Å². The molecule has 0 heterocycles. The van der Waals surface area contributed by atoms with Crippen LogP contribution in [0, 0.1) is 17.8 Å². The third-order valence-corrected chi connectivity index (χ3v) is 1.98. The van der Waals surface area contributed by atoms with Gasteiger partial charge in [-0.15, -0.1) is 0 Å². The van der Waals surface area contributed by atoms with Crippen molar-refractivity contribution in [2.75, 3.05) is 0 Å². The van der Waals surface area contributed by atoms with E-state index in [1.807, 2.05) is 0 Å². The molecule has 0 N–H and O–H groups in total. The van der Waals surface area contributed by atoms with E-state index < -0.39 is 0 Å². The second-order valence-corrected chi connectivity index (χ2v) is 3.85. The first-order valence-electron chi connectivity index (χ1n) is 4.04. The summed E-state index contributed by atoms with van der Waals surface area (Å²) in [5.41, 5.74) is 0. The Hall–Kier alpha value is 0. The summed E-state index contributed by atoms with van der Waals surface area (Å²) in [6.45, 7) is 11.5. The van der Waals surface area contributed by atoms with Crippen LogP contribution in [-0.2, 0) is 0 Å². The summed E-state index contributed by atoms with van der Waals surface area (Å²) < 4.78 is 0. The molecule has 0 saturated heterocycles. The second kappa shape index (κ2) is 5.76. The maximum atomic E-state index is 2.34. The quantitative estimate of drug-likeness (QED) is 0.562. The molecule has 0 heteroatoms. The third kappa shape index (κ3) is 6.12. The van der Waals surface area contributed by atoms with Crippen LogP contribution < -0.4 is 0 Å². The fraction of sp³-hybridized carbons (Fsp3) is 1.00. The monoisotopic (exact) mass is 144 g/mol. The van der Waals surface area contributed by atoms with Crippen molar-refractivity contribution in [1.82, 2.24) is 0 Å². The summed E-state index contributed by atoms with van der Waals surface area (Å²) >= 11 is 0. The van der Waals surface area contributed by atoms with Gasteiger partial charge in [-0.1, -0.05) is 42.0 Å². The molecule has 0 rings (SSSR count). The smallest absolute Gasteiger partial charge is 0.0417 e. The summed E-state index contributed by atoms with van der Waals surface area (Å²) in [4.78, 5) is 0. The molecular weight excluding hydrogens is 120 g/mol. The average molecular weight is 144 g/mol. The van der Waals surface area contributed by atoms with E-state index >= 15 is 0 Å². The van der Waals surface area contributed by atoms with Crippen LogP contribution in [0.5, 0.6) is 0 Å². The Morgan fingerprint density at radius 1 is 0.900 bits per heavy atom. The van der Waals surface area contributed by atoms with E-state index in [0.717, 1.165) is 17.8 Å². The largest absolute Gasteiger partial charge is 0.0776 e. The summed E-state index contributed by atoms with van der Waals surface area (Å²) in [5, 5.41) is 0. The van der Waals surface area contributed by atoms with Crippen molar-refractivity contribution in [3.05, 3.63) is 0 Å². The maximum Gasteiger partial charge on any atom is -0.0417 e. The minimum Gasteiger partial charge on any atom is -0.0776 e. The molecule has 0 aromatic rings. The normalized spacial score (nSPS) is 13.5. The fourth-order valence-electron chi connectivity index (χ4n) is 1.02. The minimum absolute atomic E-state index is 0. The van der Waals surface area contributed by atoms with E-state index in [1.54, 1.807) is 0 Å². The Bertz CT molecular complexity index is 62.4. The van der Waals surface area contributed by atoms with Crippen LogP contribution in [0.4, 0.5) is 0 Å². The van der Waals surface area contributed by atoms with Crippen molar-refractivity contribution in [3.8, 4) is 0 Å². The van der Waals surface area contributed by atoms with Gasteiger partial charge >= 0.3 is 0 Å². The van der Waals surface area contributed by atoms with Crippen LogP contribution in [0.25, 0.3) is 0 Å². The van der Waals surface area contributed by atoms with Gasteiger partial charge in [-0.2, -0.15) is 0 Å². The molecule has 0 saturated carbocycles. The van der Waals surface area contributed by atoms with Gasteiger partial charge in [-0.05, 0) is 24.2 Å². The van der Waals surface area contributed by atoms with Gasteiger partial charge in [-0.25, -0.2) is 0 Å². The Labute approximate surface area is 67.0 Å². The van der Waals surface area contributed by atoms with Crippen molar-refractivity contribution in [2.24, 2.45) is 17.8 Å². The van der Waals surface area contributed by atoms with Gasteiger partial charge < -0.3 is 0 Å². The van der Waals surface area contributed by atoms with Gasteiger partial charge in [-0.3, -0.25) is 0 Å². The van der Waals surface area contributed by atoms with Gasteiger partial charge in [0.1, 0.15) is 0 Å². The number of hydrogen-bond acceptors (Lipinski definition) is 0. The van der Waals surface area contributed by atoms with Gasteiger partial charge in [0.05, 0.1) is 0 Å².